The zero-order valence-corrected chi connectivity index (χ0v) is 15.1. The molecule has 2 aromatic carbocycles. The van der Waals surface area contributed by atoms with Crippen LogP contribution < -0.4 is 10.5 Å². The van der Waals surface area contributed by atoms with Gasteiger partial charge in [-0.15, -0.1) is 10.2 Å². The number of aromatic amines is 1. The summed E-state index contributed by atoms with van der Waals surface area (Å²) in [7, 11) is 0. The number of halogens is 2. The monoisotopic (exact) mass is 392 g/mol. The van der Waals surface area contributed by atoms with Crippen molar-refractivity contribution >= 4 is 22.2 Å². The lowest BCUT2D eigenvalue weighted by atomic mass is 10.1. The van der Waals surface area contributed by atoms with E-state index in [9.17, 15) is 8.78 Å². The molecule has 5 rings (SSSR count). The van der Waals surface area contributed by atoms with E-state index in [1.807, 2.05) is 12.1 Å². The number of H-pyrrole nitrogens is 1. The number of hydrogen-bond donors (Lipinski definition) is 2. The average molecular weight is 392 g/mol. The van der Waals surface area contributed by atoms with Crippen LogP contribution in [0.1, 0.15) is 5.82 Å². The molecule has 3 heterocycles. The van der Waals surface area contributed by atoms with Crippen LogP contribution in [-0.2, 0) is 0 Å². The molecule has 9 heteroatoms. The average Bonchev–Trinajstić information content (AvgIpc) is 3.30. The quantitative estimate of drug-likeness (QED) is 0.479. The van der Waals surface area contributed by atoms with Crippen molar-refractivity contribution in [2.24, 2.45) is 0 Å². The number of nitrogen functional groups attached to an aromatic ring is 1. The Labute approximate surface area is 162 Å². The third-order valence-electron chi connectivity index (χ3n) is 4.60. The molecule has 0 amide bonds. The summed E-state index contributed by atoms with van der Waals surface area (Å²) in [4.78, 5) is 3.13. The molecule has 29 heavy (non-hydrogen) atoms. The Morgan fingerprint density at radius 1 is 1.03 bits per heavy atom. The Morgan fingerprint density at radius 3 is 2.72 bits per heavy atom. The fourth-order valence-electron chi connectivity index (χ4n) is 3.18. The van der Waals surface area contributed by atoms with Crippen molar-refractivity contribution in [3.63, 3.8) is 0 Å². The number of benzene rings is 2. The molecule has 0 atom stereocenters. The fourth-order valence-corrected chi connectivity index (χ4v) is 3.18. The van der Waals surface area contributed by atoms with E-state index in [0.717, 1.165) is 23.0 Å². The molecule has 0 bridgehead atoms. The van der Waals surface area contributed by atoms with E-state index >= 15 is 0 Å². The number of nitrogens with zero attached hydrogens (tertiary/aromatic N) is 4. The molecule has 3 aromatic heterocycles. The molecular formula is C20H14F2N6O. The Kier molecular flexibility index (Phi) is 3.70. The molecule has 7 nitrogen and oxygen atoms in total. The number of hydrogen-bond acceptors (Lipinski definition) is 5. The molecule has 144 valence electrons. The van der Waals surface area contributed by atoms with Crippen LogP contribution in [0, 0.1) is 18.6 Å². The van der Waals surface area contributed by atoms with Gasteiger partial charge in [-0.3, -0.25) is 0 Å². The molecule has 0 aliphatic carbocycles. The van der Waals surface area contributed by atoms with E-state index in [1.54, 1.807) is 25.3 Å². The predicted octanol–water partition coefficient (Wildman–Crippen LogP) is 4.23. The summed E-state index contributed by atoms with van der Waals surface area (Å²) in [6.07, 6.45) is 1.78. The molecule has 0 aliphatic heterocycles. The smallest absolute Gasteiger partial charge is 0.200 e. The van der Waals surface area contributed by atoms with E-state index in [1.165, 1.54) is 10.6 Å². The molecule has 0 fully saturated rings. The van der Waals surface area contributed by atoms with E-state index in [4.69, 9.17) is 10.5 Å². The van der Waals surface area contributed by atoms with Gasteiger partial charge in [0.15, 0.2) is 17.4 Å². The molecule has 0 unspecified atom stereocenters. The third-order valence-corrected chi connectivity index (χ3v) is 4.60. The van der Waals surface area contributed by atoms with Crippen molar-refractivity contribution in [2.45, 2.75) is 6.92 Å². The fraction of sp³-hybridized carbons (Fsp3) is 0.0500. The van der Waals surface area contributed by atoms with Crippen LogP contribution in [0.5, 0.6) is 11.5 Å². The zero-order chi connectivity index (χ0) is 20.1. The van der Waals surface area contributed by atoms with E-state index < -0.39 is 11.6 Å². The highest BCUT2D eigenvalue weighted by Gasteiger charge is 2.17. The lowest BCUT2D eigenvalue weighted by molar-refractivity contribution is 0.439. The van der Waals surface area contributed by atoms with Gasteiger partial charge in [0.05, 0.1) is 11.4 Å². The minimum atomic E-state index is -0.803. The van der Waals surface area contributed by atoms with Crippen molar-refractivity contribution in [1.82, 2.24) is 24.8 Å². The largest absolute Gasteiger partial charge is 0.454 e. The highest BCUT2D eigenvalue weighted by atomic mass is 19.1. The van der Waals surface area contributed by atoms with Gasteiger partial charge in [0.2, 0.25) is 5.65 Å². The first kappa shape index (κ1) is 17.1. The number of fused-ring (bicyclic) bond motifs is 2. The first-order valence-corrected chi connectivity index (χ1v) is 8.72. The summed E-state index contributed by atoms with van der Waals surface area (Å²) < 4.78 is 34.8. The van der Waals surface area contributed by atoms with Crippen LogP contribution >= 0.6 is 0 Å². The highest BCUT2D eigenvalue weighted by Crippen LogP contribution is 2.37. The number of nitrogens with one attached hydrogen (secondary N) is 1. The standard InChI is InChI=1S/C20H14F2N6O/c1-10-25-26-20-15(23)9-17(27-28(10)20)13-8-16-11(4-5-24-16)6-19(13)29-18-3-2-12(21)7-14(18)22/h2-9,24H,23H2,1H3. The maximum absolute atomic E-state index is 14.2. The number of anilines is 1. The van der Waals surface area contributed by atoms with Crippen LogP contribution in [-0.4, -0.2) is 24.8 Å². The molecule has 5 aromatic rings. The molecule has 0 saturated heterocycles. The third kappa shape index (κ3) is 2.83. The first-order chi connectivity index (χ1) is 14.0. The van der Waals surface area contributed by atoms with Crippen molar-refractivity contribution < 1.29 is 13.5 Å². The molecule has 0 saturated carbocycles. The Hall–Kier alpha value is -4.01. The minimum Gasteiger partial charge on any atom is -0.454 e. The summed E-state index contributed by atoms with van der Waals surface area (Å²) in [6.45, 7) is 1.76. The topological polar surface area (TPSA) is 94.1 Å². The summed E-state index contributed by atoms with van der Waals surface area (Å²) in [5.41, 5.74) is 8.87. The van der Waals surface area contributed by atoms with Gasteiger partial charge >= 0.3 is 0 Å². The van der Waals surface area contributed by atoms with E-state index in [-0.39, 0.29) is 5.75 Å². The van der Waals surface area contributed by atoms with Gasteiger partial charge in [-0.1, -0.05) is 0 Å². The van der Waals surface area contributed by atoms with Crippen molar-refractivity contribution in [3.8, 4) is 22.8 Å². The van der Waals surface area contributed by atoms with Gasteiger partial charge in [0.25, 0.3) is 0 Å². The number of nitrogens with two attached hydrogens (primary N) is 1. The Morgan fingerprint density at radius 2 is 1.90 bits per heavy atom. The first-order valence-electron chi connectivity index (χ1n) is 8.72. The van der Waals surface area contributed by atoms with Gasteiger partial charge in [-0.05, 0) is 43.3 Å². The highest BCUT2D eigenvalue weighted by molar-refractivity contribution is 5.89. The van der Waals surface area contributed by atoms with E-state index in [0.29, 0.717) is 34.2 Å². The molecular weight excluding hydrogens is 378 g/mol. The lowest BCUT2D eigenvalue weighted by Gasteiger charge is -2.13. The number of aryl methyl sites for hydroxylation is 1. The van der Waals surface area contributed by atoms with Crippen LogP contribution in [0.3, 0.4) is 0 Å². The SMILES string of the molecule is Cc1nnc2c(N)cc(-c3cc4[nH]ccc4cc3Oc3ccc(F)cc3F)nn12. The second-order valence-electron chi connectivity index (χ2n) is 6.56. The lowest BCUT2D eigenvalue weighted by Crippen LogP contribution is -2.02. The Bertz CT molecular complexity index is 1390. The van der Waals surface area contributed by atoms with Gasteiger partial charge < -0.3 is 15.5 Å². The van der Waals surface area contributed by atoms with Gasteiger partial charge in [0.1, 0.15) is 11.6 Å². The molecule has 0 radical (unpaired) electrons. The normalized spacial score (nSPS) is 11.4. The predicted molar refractivity (Wildman–Crippen MR) is 104 cm³/mol. The maximum Gasteiger partial charge on any atom is 0.200 e. The zero-order valence-electron chi connectivity index (χ0n) is 15.1. The summed E-state index contributed by atoms with van der Waals surface area (Å²) in [5, 5.41) is 13.4. The molecule has 3 N–H and O–H groups in total. The minimum absolute atomic E-state index is 0.0999. The Balaban J connectivity index is 1.72. The van der Waals surface area contributed by atoms with E-state index in [2.05, 4.69) is 20.3 Å². The number of rotatable bonds is 3. The molecule has 0 spiro atoms. The van der Waals surface area contributed by atoms with Crippen molar-refractivity contribution in [1.29, 1.82) is 0 Å². The molecule has 0 aliphatic rings. The second kappa shape index (κ2) is 6.26. The number of aromatic nitrogens is 5. The van der Waals surface area contributed by atoms with Gasteiger partial charge in [-0.25, -0.2) is 8.78 Å². The van der Waals surface area contributed by atoms with Crippen LogP contribution in [0.4, 0.5) is 14.5 Å². The van der Waals surface area contributed by atoms with Crippen LogP contribution in [0.25, 0.3) is 27.8 Å². The summed E-state index contributed by atoms with van der Waals surface area (Å²) >= 11 is 0. The van der Waals surface area contributed by atoms with Crippen molar-refractivity contribution in [3.05, 3.63) is 66.1 Å². The van der Waals surface area contributed by atoms with Gasteiger partial charge in [0, 0.05) is 28.7 Å². The summed E-state index contributed by atoms with van der Waals surface area (Å²) in [6, 6.07) is 10.3. The second-order valence-corrected chi connectivity index (χ2v) is 6.56. The van der Waals surface area contributed by atoms with Crippen LogP contribution in [0.2, 0.25) is 0 Å². The van der Waals surface area contributed by atoms with Gasteiger partial charge in [-0.2, -0.15) is 9.61 Å². The van der Waals surface area contributed by atoms with Crippen molar-refractivity contribution in [2.75, 3.05) is 5.73 Å². The number of ether oxygens (including phenoxy) is 1. The van der Waals surface area contributed by atoms with Crippen LogP contribution in [0.15, 0.2) is 48.7 Å². The summed E-state index contributed by atoms with van der Waals surface area (Å²) in [5.74, 6) is -0.667. The maximum atomic E-state index is 14.2.